The second kappa shape index (κ2) is 8.50. The first-order valence-electron chi connectivity index (χ1n) is 9.86. The quantitative estimate of drug-likeness (QED) is 0.449. The van der Waals surface area contributed by atoms with E-state index in [1.807, 2.05) is 58.8 Å². The number of amides is 1. The monoisotopic (exact) mass is 460 g/mol. The predicted octanol–water partition coefficient (Wildman–Crippen LogP) is 6.45. The van der Waals surface area contributed by atoms with Crippen molar-refractivity contribution in [2.75, 3.05) is 24.6 Å². The molecule has 0 bridgehead atoms. The molecule has 0 spiro atoms. The molecule has 29 heavy (non-hydrogen) atoms. The van der Waals surface area contributed by atoms with Gasteiger partial charge in [0.15, 0.2) is 0 Å². The van der Waals surface area contributed by atoms with Crippen LogP contribution in [0, 0.1) is 0 Å². The van der Waals surface area contributed by atoms with Gasteiger partial charge in [0, 0.05) is 41.1 Å². The highest BCUT2D eigenvalue weighted by Crippen LogP contribution is 2.45. The standard InChI is InChI=1S/C22H21ClN2OS3/c23-17-5-6-19-18(13-17)24-20(29-19)14-7-9-25(10-8-14)21(26)15-1-3-16(4-2-15)22-27-11-12-28-22/h1-6,13-14,22H,7-12H2. The van der Waals surface area contributed by atoms with Gasteiger partial charge in [-0.05, 0) is 48.7 Å². The van der Waals surface area contributed by atoms with E-state index in [-0.39, 0.29) is 5.91 Å². The molecule has 3 aromatic rings. The van der Waals surface area contributed by atoms with Gasteiger partial charge in [-0.25, -0.2) is 4.98 Å². The minimum atomic E-state index is 0.151. The number of nitrogens with zero attached hydrogens (tertiary/aromatic N) is 2. The second-order valence-electron chi connectivity index (χ2n) is 7.43. The van der Waals surface area contributed by atoms with Crippen LogP contribution in [0.3, 0.4) is 0 Å². The zero-order valence-electron chi connectivity index (χ0n) is 15.8. The molecule has 0 unspecified atom stereocenters. The summed E-state index contributed by atoms with van der Waals surface area (Å²) in [6.07, 6.45) is 1.93. The van der Waals surface area contributed by atoms with Gasteiger partial charge in [0.2, 0.25) is 0 Å². The van der Waals surface area contributed by atoms with Crippen LogP contribution in [-0.4, -0.2) is 40.4 Å². The molecule has 7 heteroatoms. The summed E-state index contributed by atoms with van der Waals surface area (Å²) < 4.78 is 1.71. The number of hydrogen-bond acceptors (Lipinski definition) is 5. The molecular formula is C22H21ClN2OS3. The number of carbonyl (C=O) groups is 1. The van der Waals surface area contributed by atoms with Gasteiger partial charge < -0.3 is 4.90 Å². The van der Waals surface area contributed by atoms with Crippen molar-refractivity contribution in [3.63, 3.8) is 0 Å². The third kappa shape index (κ3) is 4.18. The Bertz CT molecular complexity index is 1020. The van der Waals surface area contributed by atoms with Crippen LogP contribution < -0.4 is 0 Å². The molecular weight excluding hydrogens is 440 g/mol. The fourth-order valence-corrected chi connectivity index (χ4v) is 8.08. The average molecular weight is 461 g/mol. The van der Waals surface area contributed by atoms with Gasteiger partial charge >= 0.3 is 0 Å². The van der Waals surface area contributed by atoms with Crippen molar-refractivity contribution in [3.8, 4) is 0 Å². The first-order valence-corrected chi connectivity index (χ1v) is 13.1. The van der Waals surface area contributed by atoms with Gasteiger partial charge in [-0.1, -0.05) is 23.7 Å². The Balaban J connectivity index is 1.23. The van der Waals surface area contributed by atoms with E-state index in [2.05, 4.69) is 12.1 Å². The van der Waals surface area contributed by atoms with E-state index in [0.29, 0.717) is 10.5 Å². The molecule has 2 aliphatic rings. The van der Waals surface area contributed by atoms with E-state index >= 15 is 0 Å². The third-order valence-corrected chi connectivity index (χ3v) is 10.1. The number of aromatic nitrogens is 1. The molecule has 0 radical (unpaired) electrons. The van der Waals surface area contributed by atoms with Gasteiger partial charge in [-0.3, -0.25) is 4.79 Å². The molecule has 2 aromatic carbocycles. The van der Waals surface area contributed by atoms with Crippen molar-refractivity contribution in [2.24, 2.45) is 0 Å². The molecule has 3 nitrogen and oxygen atoms in total. The van der Waals surface area contributed by atoms with Gasteiger partial charge in [-0.15, -0.1) is 34.9 Å². The van der Waals surface area contributed by atoms with Crippen LogP contribution in [0.15, 0.2) is 42.5 Å². The number of thiazole rings is 1. The van der Waals surface area contributed by atoms with E-state index in [0.717, 1.165) is 42.0 Å². The second-order valence-corrected chi connectivity index (χ2v) is 11.6. The topological polar surface area (TPSA) is 33.2 Å². The van der Waals surface area contributed by atoms with E-state index in [4.69, 9.17) is 16.6 Å². The first-order chi connectivity index (χ1) is 14.2. The molecule has 0 aliphatic carbocycles. The van der Waals surface area contributed by atoms with E-state index in [1.54, 1.807) is 11.3 Å². The highest BCUT2D eigenvalue weighted by atomic mass is 35.5. The van der Waals surface area contributed by atoms with Gasteiger partial charge in [0.25, 0.3) is 5.91 Å². The third-order valence-electron chi connectivity index (χ3n) is 5.55. The lowest BCUT2D eigenvalue weighted by Gasteiger charge is -2.31. The molecule has 2 saturated heterocycles. The van der Waals surface area contributed by atoms with Crippen molar-refractivity contribution in [3.05, 3.63) is 63.6 Å². The molecule has 150 valence electrons. The summed E-state index contributed by atoms with van der Waals surface area (Å²) in [5.74, 6) is 3.01. The number of carbonyl (C=O) groups excluding carboxylic acids is 1. The summed E-state index contributed by atoms with van der Waals surface area (Å²) in [6.45, 7) is 1.58. The predicted molar refractivity (Wildman–Crippen MR) is 127 cm³/mol. The van der Waals surface area contributed by atoms with Crippen LogP contribution in [-0.2, 0) is 0 Å². The molecule has 1 amide bonds. The lowest BCUT2D eigenvalue weighted by molar-refractivity contribution is 0.0713. The molecule has 0 atom stereocenters. The number of piperidine rings is 1. The molecule has 0 saturated carbocycles. The van der Waals surface area contributed by atoms with Crippen LogP contribution in [0.5, 0.6) is 0 Å². The largest absolute Gasteiger partial charge is 0.339 e. The van der Waals surface area contributed by atoms with Crippen LogP contribution in [0.2, 0.25) is 5.02 Å². The molecule has 5 rings (SSSR count). The number of rotatable bonds is 3. The molecule has 0 N–H and O–H groups in total. The van der Waals surface area contributed by atoms with Crippen LogP contribution >= 0.6 is 46.5 Å². The Hall–Kier alpha value is -1.21. The lowest BCUT2D eigenvalue weighted by atomic mass is 9.97. The zero-order valence-corrected chi connectivity index (χ0v) is 19.0. The van der Waals surface area contributed by atoms with Gasteiger partial charge in [0.05, 0.1) is 19.8 Å². The van der Waals surface area contributed by atoms with Crippen molar-refractivity contribution >= 4 is 62.6 Å². The van der Waals surface area contributed by atoms with Crippen LogP contribution in [0.4, 0.5) is 0 Å². The molecule has 2 fully saturated rings. The number of hydrogen-bond donors (Lipinski definition) is 0. The summed E-state index contributed by atoms with van der Waals surface area (Å²) >= 11 is 11.8. The molecule has 1 aromatic heterocycles. The molecule has 2 aliphatic heterocycles. The average Bonchev–Trinajstić information content (AvgIpc) is 3.43. The van der Waals surface area contributed by atoms with Gasteiger partial charge in [0.1, 0.15) is 0 Å². The summed E-state index contributed by atoms with van der Waals surface area (Å²) in [5.41, 5.74) is 3.10. The Morgan fingerprint density at radius 2 is 1.76 bits per heavy atom. The highest BCUT2D eigenvalue weighted by molar-refractivity contribution is 8.19. The first kappa shape index (κ1) is 19.7. The van der Waals surface area contributed by atoms with Crippen LogP contribution in [0.25, 0.3) is 10.2 Å². The Kier molecular flexibility index (Phi) is 5.78. The highest BCUT2D eigenvalue weighted by Gasteiger charge is 2.27. The Morgan fingerprint density at radius 1 is 1.03 bits per heavy atom. The van der Waals surface area contributed by atoms with E-state index in [1.165, 1.54) is 26.8 Å². The minimum Gasteiger partial charge on any atom is -0.339 e. The number of thioether (sulfide) groups is 2. The molecule has 3 heterocycles. The number of likely N-dealkylation sites (tertiary alicyclic amines) is 1. The smallest absolute Gasteiger partial charge is 0.253 e. The minimum absolute atomic E-state index is 0.151. The van der Waals surface area contributed by atoms with Crippen molar-refractivity contribution in [1.82, 2.24) is 9.88 Å². The summed E-state index contributed by atoms with van der Waals surface area (Å²) in [4.78, 5) is 19.7. The lowest BCUT2D eigenvalue weighted by Crippen LogP contribution is -2.37. The maximum Gasteiger partial charge on any atom is 0.253 e. The fraction of sp³-hybridized carbons (Fsp3) is 0.364. The van der Waals surface area contributed by atoms with E-state index < -0.39 is 0 Å². The Labute approximate surface area is 188 Å². The van der Waals surface area contributed by atoms with Crippen molar-refractivity contribution < 1.29 is 4.79 Å². The fourth-order valence-electron chi connectivity index (χ4n) is 3.94. The summed E-state index contributed by atoms with van der Waals surface area (Å²) in [7, 11) is 0. The van der Waals surface area contributed by atoms with Crippen molar-refractivity contribution in [1.29, 1.82) is 0 Å². The van der Waals surface area contributed by atoms with E-state index in [9.17, 15) is 4.79 Å². The van der Waals surface area contributed by atoms with Gasteiger partial charge in [-0.2, -0.15) is 0 Å². The van der Waals surface area contributed by atoms with Crippen molar-refractivity contribution in [2.45, 2.75) is 23.3 Å². The normalized spacial score (nSPS) is 18.6. The summed E-state index contributed by atoms with van der Waals surface area (Å²) in [6, 6.07) is 14.2. The summed E-state index contributed by atoms with van der Waals surface area (Å²) in [5, 5.41) is 1.90. The zero-order chi connectivity index (χ0) is 19.8. The number of fused-ring (bicyclic) bond motifs is 1. The maximum absolute atomic E-state index is 12.9. The number of halogens is 1. The SMILES string of the molecule is O=C(c1ccc(C2SCCS2)cc1)N1CCC(c2nc3cc(Cl)ccc3s2)CC1. The number of benzene rings is 2. The maximum atomic E-state index is 12.9. The Morgan fingerprint density at radius 3 is 2.48 bits per heavy atom. The van der Waals surface area contributed by atoms with Crippen LogP contribution in [0.1, 0.15) is 44.3 Å².